The first-order chi connectivity index (χ1) is 10.5. The third-order valence-electron chi connectivity index (χ3n) is 6.79. The molecule has 3 saturated carbocycles. The van der Waals surface area contributed by atoms with Gasteiger partial charge >= 0.3 is 0 Å². The van der Waals surface area contributed by atoms with Crippen LogP contribution in [0.3, 0.4) is 0 Å². The summed E-state index contributed by atoms with van der Waals surface area (Å²) in [4.78, 5) is 12.7. The number of nitrogens with two attached hydrogens (primary N) is 1. The minimum Gasteiger partial charge on any atom is -0.353 e. The van der Waals surface area contributed by atoms with E-state index in [-0.39, 0.29) is 18.3 Å². The summed E-state index contributed by atoms with van der Waals surface area (Å²) in [6.07, 6.45) is 10.8. The van der Waals surface area contributed by atoms with Crippen LogP contribution in [0.5, 0.6) is 0 Å². The molecule has 23 heavy (non-hydrogen) atoms. The van der Waals surface area contributed by atoms with Crippen LogP contribution in [0, 0.1) is 29.6 Å². The largest absolute Gasteiger partial charge is 0.353 e. The molecule has 3 nitrogen and oxygen atoms in total. The fourth-order valence-electron chi connectivity index (χ4n) is 5.29. The SMILES string of the molecule is CC(C)C1CCCC(NC(=O)C2CC3CCCC(C2)C3N)C1.Cl. The molecule has 0 heterocycles. The van der Waals surface area contributed by atoms with Crippen LogP contribution < -0.4 is 11.1 Å². The molecule has 3 rings (SSSR count). The average Bonchev–Trinajstić information content (AvgIpc) is 2.47. The lowest BCUT2D eigenvalue weighted by molar-refractivity contribution is -0.129. The van der Waals surface area contributed by atoms with Gasteiger partial charge in [-0.05, 0) is 62.2 Å². The summed E-state index contributed by atoms with van der Waals surface area (Å²) < 4.78 is 0. The van der Waals surface area contributed by atoms with E-state index >= 15 is 0 Å². The van der Waals surface area contributed by atoms with E-state index in [1.54, 1.807) is 0 Å². The van der Waals surface area contributed by atoms with E-state index in [0.717, 1.165) is 24.7 Å². The summed E-state index contributed by atoms with van der Waals surface area (Å²) in [6.45, 7) is 4.64. The van der Waals surface area contributed by atoms with Crippen molar-refractivity contribution in [3.63, 3.8) is 0 Å². The Morgan fingerprint density at radius 3 is 2.22 bits per heavy atom. The lowest BCUT2D eigenvalue weighted by atomic mass is 9.65. The molecular weight excluding hydrogens is 308 g/mol. The van der Waals surface area contributed by atoms with Crippen molar-refractivity contribution in [3.05, 3.63) is 0 Å². The highest BCUT2D eigenvalue weighted by Gasteiger charge is 2.41. The summed E-state index contributed by atoms with van der Waals surface area (Å²) >= 11 is 0. The number of hydrogen-bond acceptors (Lipinski definition) is 2. The zero-order valence-electron chi connectivity index (χ0n) is 14.8. The molecule has 134 valence electrons. The molecule has 0 aliphatic heterocycles. The van der Waals surface area contributed by atoms with E-state index in [4.69, 9.17) is 5.73 Å². The van der Waals surface area contributed by atoms with Crippen molar-refractivity contribution in [2.24, 2.45) is 35.3 Å². The topological polar surface area (TPSA) is 55.1 Å². The minimum atomic E-state index is 0. The van der Waals surface area contributed by atoms with Gasteiger partial charge in [-0.15, -0.1) is 12.4 Å². The zero-order valence-corrected chi connectivity index (χ0v) is 15.6. The average molecular weight is 343 g/mol. The second-order valence-corrected chi connectivity index (χ2v) is 8.57. The van der Waals surface area contributed by atoms with Crippen LogP contribution in [0.2, 0.25) is 0 Å². The van der Waals surface area contributed by atoms with E-state index in [9.17, 15) is 4.79 Å². The van der Waals surface area contributed by atoms with Gasteiger partial charge in [0.25, 0.3) is 0 Å². The van der Waals surface area contributed by atoms with Gasteiger partial charge < -0.3 is 11.1 Å². The highest BCUT2D eigenvalue weighted by atomic mass is 35.5. The van der Waals surface area contributed by atoms with Gasteiger partial charge in [-0.3, -0.25) is 4.79 Å². The standard InChI is InChI=1S/C19H34N2O.ClH/c1-12(2)13-5-4-8-17(11-13)21-19(22)16-9-14-6-3-7-15(10-16)18(14)20;/h12-18H,3-11,20H2,1-2H3,(H,21,22);1H. The highest BCUT2D eigenvalue weighted by Crippen LogP contribution is 2.42. The van der Waals surface area contributed by atoms with Gasteiger partial charge in [-0.2, -0.15) is 0 Å². The van der Waals surface area contributed by atoms with Crippen LogP contribution in [-0.2, 0) is 4.79 Å². The van der Waals surface area contributed by atoms with Gasteiger partial charge in [0.15, 0.2) is 0 Å². The van der Waals surface area contributed by atoms with Crippen LogP contribution in [0.15, 0.2) is 0 Å². The lowest BCUT2D eigenvalue weighted by Gasteiger charge is -2.44. The number of hydrogen-bond donors (Lipinski definition) is 2. The van der Waals surface area contributed by atoms with Crippen molar-refractivity contribution in [1.82, 2.24) is 5.32 Å². The molecule has 4 unspecified atom stereocenters. The smallest absolute Gasteiger partial charge is 0.223 e. The van der Waals surface area contributed by atoms with Gasteiger partial charge in [-0.1, -0.05) is 33.1 Å². The van der Waals surface area contributed by atoms with Crippen LogP contribution in [0.1, 0.15) is 71.6 Å². The normalized spacial score (nSPS) is 40.3. The Morgan fingerprint density at radius 2 is 1.61 bits per heavy atom. The molecular formula is C19H35ClN2O. The highest BCUT2D eigenvalue weighted by molar-refractivity contribution is 5.85. The van der Waals surface area contributed by atoms with E-state index in [2.05, 4.69) is 19.2 Å². The Bertz CT molecular complexity index is 387. The monoisotopic (exact) mass is 342 g/mol. The van der Waals surface area contributed by atoms with E-state index < -0.39 is 0 Å². The van der Waals surface area contributed by atoms with Crippen LogP contribution in [0.25, 0.3) is 0 Å². The number of amides is 1. The number of halogens is 1. The summed E-state index contributed by atoms with van der Waals surface area (Å²) in [5, 5.41) is 3.40. The van der Waals surface area contributed by atoms with Crippen LogP contribution in [-0.4, -0.2) is 18.0 Å². The van der Waals surface area contributed by atoms with Crippen molar-refractivity contribution in [2.75, 3.05) is 0 Å². The number of fused-ring (bicyclic) bond motifs is 2. The Morgan fingerprint density at radius 1 is 1.00 bits per heavy atom. The minimum absolute atomic E-state index is 0. The third kappa shape index (κ3) is 4.42. The first kappa shape index (κ1) is 19.1. The number of rotatable bonds is 3. The summed E-state index contributed by atoms with van der Waals surface area (Å²) in [5.74, 6) is 3.29. The van der Waals surface area contributed by atoms with Crippen LogP contribution >= 0.6 is 12.4 Å². The predicted molar refractivity (Wildman–Crippen MR) is 97.5 cm³/mol. The molecule has 0 aromatic rings. The number of nitrogens with one attached hydrogen (secondary N) is 1. The van der Waals surface area contributed by atoms with Crippen LogP contribution in [0.4, 0.5) is 0 Å². The number of carbonyl (C=O) groups is 1. The van der Waals surface area contributed by atoms with Gasteiger partial charge in [0.2, 0.25) is 5.91 Å². The van der Waals surface area contributed by atoms with E-state index in [1.807, 2.05) is 0 Å². The second-order valence-electron chi connectivity index (χ2n) is 8.57. The van der Waals surface area contributed by atoms with E-state index in [0.29, 0.717) is 29.8 Å². The van der Waals surface area contributed by atoms with Crippen molar-refractivity contribution >= 4 is 18.3 Å². The zero-order chi connectivity index (χ0) is 15.7. The fourth-order valence-corrected chi connectivity index (χ4v) is 5.29. The summed E-state index contributed by atoms with van der Waals surface area (Å²) in [5.41, 5.74) is 6.35. The first-order valence-corrected chi connectivity index (χ1v) is 9.60. The Labute approximate surface area is 147 Å². The molecule has 0 aromatic carbocycles. The first-order valence-electron chi connectivity index (χ1n) is 9.60. The maximum absolute atomic E-state index is 12.7. The predicted octanol–water partition coefficient (Wildman–Crippen LogP) is 3.89. The second kappa shape index (κ2) is 8.20. The number of carbonyl (C=O) groups excluding carboxylic acids is 1. The van der Waals surface area contributed by atoms with Gasteiger partial charge in [-0.25, -0.2) is 0 Å². The van der Waals surface area contributed by atoms with Crippen molar-refractivity contribution in [1.29, 1.82) is 0 Å². The fraction of sp³-hybridized carbons (Fsp3) is 0.947. The van der Waals surface area contributed by atoms with Crippen molar-refractivity contribution < 1.29 is 4.79 Å². The molecule has 1 amide bonds. The molecule has 3 fully saturated rings. The molecule has 4 atom stereocenters. The van der Waals surface area contributed by atoms with Gasteiger partial charge in [0.05, 0.1) is 0 Å². The van der Waals surface area contributed by atoms with Gasteiger partial charge in [0.1, 0.15) is 0 Å². The molecule has 3 aliphatic rings. The molecule has 0 saturated heterocycles. The molecule has 0 spiro atoms. The Balaban J connectivity index is 0.00000192. The Hall–Kier alpha value is -0.280. The molecule has 3 aliphatic carbocycles. The molecule has 0 radical (unpaired) electrons. The van der Waals surface area contributed by atoms with Crippen molar-refractivity contribution in [3.8, 4) is 0 Å². The molecule has 0 aromatic heterocycles. The Kier molecular flexibility index (Phi) is 6.79. The summed E-state index contributed by atoms with van der Waals surface area (Å²) in [6, 6.07) is 0.780. The third-order valence-corrected chi connectivity index (χ3v) is 6.79. The van der Waals surface area contributed by atoms with E-state index in [1.165, 1.54) is 44.9 Å². The van der Waals surface area contributed by atoms with Crippen molar-refractivity contribution in [2.45, 2.75) is 83.7 Å². The maximum Gasteiger partial charge on any atom is 0.223 e. The maximum atomic E-state index is 12.7. The summed E-state index contributed by atoms with van der Waals surface area (Å²) in [7, 11) is 0. The lowest BCUT2D eigenvalue weighted by Crippen LogP contribution is -2.50. The van der Waals surface area contributed by atoms with Gasteiger partial charge in [0, 0.05) is 18.0 Å². The molecule has 2 bridgehead atoms. The quantitative estimate of drug-likeness (QED) is 0.817. The molecule has 3 N–H and O–H groups in total. The molecule has 4 heteroatoms.